The molecule has 0 fully saturated rings. The van der Waals surface area contributed by atoms with Gasteiger partial charge >= 0.3 is 0 Å². The molecule has 1 amide bonds. The van der Waals surface area contributed by atoms with Crippen LogP contribution in [0.5, 0.6) is 0 Å². The molecule has 0 saturated heterocycles. The Labute approximate surface area is 95.8 Å². The van der Waals surface area contributed by atoms with E-state index in [1.54, 1.807) is 6.07 Å². The molecule has 0 aliphatic rings. The predicted octanol–water partition coefficient (Wildman–Crippen LogP) is 1.42. The Bertz CT molecular complexity index is 334. The first kappa shape index (κ1) is 12.7. The second-order valence-electron chi connectivity index (χ2n) is 4.21. The Morgan fingerprint density at radius 1 is 1.62 bits per heavy atom. The van der Waals surface area contributed by atoms with Crippen LogP contribution in [0, 0.1) is 12.8 Å². The highest BCUT2D eigenvalue weighted by Gasteiger charge is 2.07. The molecule has 1 aromatic heterocycles. The van der Waals surface area contributed by atoms with Crippen LogP contribution < -0.4 is 11.1 Å². The van der Waals surface area contributed by atoms with E-state index in [9.17, 15) is 4.79 Å². The molecule has 1 heterocycles. The summed E-state index contributed by atoms with van der Waals surface area (Å²) in [6, 6.07) is 1.81. The lowest BCUT2D eigenvalue weighted by Crippen LogP contribution is -2.14. The Hall–Kier alpha value is -1.36. The number of hydrogen-bond acceptors (Lipinski definition) is 3. The summed E-state index contributed by atoms with van der Waals surface area (Å²) in [4.78, 5) is 11.5. The molecule has 4 N–H and O–H groups in total. The number of aromatic nitrogens is 2. The molecule has 1 unspecified atom stereocenters. The van der Waals surface area contributed by atoms with Gasteiger partial charge in [0.1, 0.15) is 0 Å². The summed E-state index contributed by atoms with van der Waals surface area (Å²) in [5, 5.41) is 9.47. The first-order chi connectivity index (χ1) is 7.61. The van der Waals surface area contributed by atoms with Crippen molar-refractivity contribution in [1.29, 1.82) is 0 Å². The SMILES string of the molecule is Cc1cc(NC(=O)CCC(C)CCN)n[nH]1. The number of hydrogen-bond donors (Lipinski definition) is 3. The number of rotatable bonds is 6. The van der Waals surface area contributed by atoms with Gasteiger partial charge in [0.15, 0.2) is 5.82 Å². The number of carbonyl (C=O) groups is 1. The first-order valence-corrected chi connectivity index (χ1v) is 5.63. The molecule has 90 valence electrons. The molecule has 1 rings (SSSR count). The van der Waals surface area contributed by atoms with Crippen molar-refractivity contribution in [3.8, 4) is 0 Å². The van der Waals surface area contributed by atoms with E-state index in [1.165, 1.54) is 0 Å². The quantitative estimate of drug-likeness (QED) is 0.683. The average molecular weight is 224 g/mol. The summed E-state index contributed by atoms with van der Waals surface area (Å²) in [5.41, 5.74) is 6.38. The minimum Gasteiger partial charge on any atom is -0.330 e. The van der Waals surface area contributed by atoms with Gasteiger partial charge in [-0.3, -0.25) is 9.89 Å². The van der Waals surface area contributed by atoms with Gasteiger partial charge in [0.2, 0.25) is 5.91 Å². The van der Waals surface area contributed by atoms with Crippen LogP contribution in [0.1, 0.15) is 31.9 Å². The minimum absolute atomic E-state index is 0.00960. The number of amides is 1. The number of aromatic amines is 1. The number of nitrogens with zero attached hydrogens (tertiary/aromatic N) is 1. The minimum atomic E-state index is 0.00960. The van der Waals surface area contributed by atoms with Gasteiger partial charge in [-0.2, -0.15) is 5.10 Å². The van der Waals surface area contributed by atoms with Gasteiger partial charge in [0.05, 0.1) is 0 Å². The second-order valence-corrected chi connectivity index (χ2v) is 4.21. The standard InChI is InChI=1S/C11H20N4O/c1-8(5-6-12)3-4-11(16)13-10-7-9(2)14-15-10/h7-8H,3-6,12H2,1-2H3,(H2,13,14,15,16). The Balaban J connectivity index is 2.26. The highest BCUT2D eigenvalue weighted by atomic mass is 16.1. The molecule has 0 radical (unpaired) electrons. The van der Waals surface area contributed by atoms with Gasteiger partial charge in [0.25, 0.3) is 0 Å². The molecule has 16 heavy (non-hydrogen) atoms. The average Bonchev–Trinajstić information content (AvgIpc) is 2.61. The largest absolute Gasteiger partial charge is 0.330 e. The van der Waals surface area contributed by atoms with E-state index in [1.807, 2.05) is 6.92 Å². The maximum absolute atomic E-state index is 11.5. The molecule has 5 heteroatoms. The van der Waals surface area contributed by atoms with Gasteiger partial charge in [-0.15, -0.1) is 0 Å². The van der Waals surface area contributed by atoms with E-state index in [0.29, 0.717) is 24.7 Å². The maximum Gasteiger partial charge on any atom is 0.225 e. The third-order valence-corrected chi connectivity index (χ3v) is 2.50. The molecule has 1 aromatic rings. The zero-order valence-electron chi connectivity index (χ0n) is 9.92. The fourth-order valence-electron chi connectivity index (χ4n) is 1.49. The predicted molar refractivity (Wildman–Crippen MR) is 64.0 cm³/mol. The topological polar surface area (TPSA) is 83.8 Å². The summed E-state index contributed by atoms with van der Waals surface area (Å²) in [7, 11) is 0. The zero-order chi connectivity index (χ0) is 12.0. The monoisotopic (exact) mass is 224 g/mol. The van der Waals surface area contributed by atoms with Crippen molar-refractivity contribution >= 4 is 11.7 Å². The van der Waals surface area contributed by atoms with Crippen LogP contribution in [-0.4, -0.2) is 22.6 Å². The molecular formula is C11H20N4O. The van der Waals surface area contributed by atoms with E-state index in [-0.39, 0.29) is 5.91 Å². The van der Waals surface area contributed by atoms with Gasteiger partial charge in [-0.05, 0) is 32.2 Å². The van der Waals surface area contributed by atoms with Crippen molar-refractivity contribution in [2.45, 2.75) is 33.1 Å². The van der Waals surface area contributed by atoms with Crippen molar-refractivity contribution in [2.75, 3.05) is 11.9 Å². The lowest BCUT2D eigenvalue weighted by molar-refractivity contribution is -0.116. The molecule has 1 atom stereocenters. The third kappa shape index (κ3) is 4.44. The summed E-state index contributed by atoms with van der Waals surface area (Å²) >= 11 is 0. The van der Waals surface area contributed by atoms with E-state index in [4.69, 9.17) is 5.73 Å². The Morgan fingerprint density at radius 3 is 2.94 bits per heavy atom. The summed E-state index contributed by atoms with van der Waals surface area (Å²) < 4.78 is 0. The summed E-state index contributed by atoms with van der Waals surface area (Å²) in [6.45, 7) is 4.69. The smallest absolute Gasteiger partial charge is 0.225 e. The Morgan fingerprint density at radius 2 is 2.38 bits per heavy atom. The van der Waals surface area contributed by atoms with E-state index in [2.05, 4.69) is 22.4 Å². The number of aryl methyl sites for hydroxylation is 1. The van der Waals surface area contributed by atoms with E-state index in [0.717, 1.165) is 18.5 Å². The highest BCUT2D eigenvalue weighted by Crippen LogP contribution is 2.10. The molecule has 0 saturated carbocycles. The molecule has 5 nitrogen and oxygen atoms in total. The molecule has 0 aromatic carbocycles. The second kappa shape index (κ2) is 6.27. The molecule has 0 spiro atoms. The lowest BCUT2D eigenvalue weighted by atomic mass is 10.0. The van der Waals surface area contributed by atoms with Crippen LogP contribution in [0.2, 0.25) is 0 Å². The highest BCUT2D eigenvalue weighted by molar-refractivity contribution is 5.89. The van der Waals surface area contributed by atoms with Crippen LogP contribution in [-0.2, 0) is 4.79 Å². The van der Waals surface area contributed by atoms with Gasteiger partial charge in [-0.25, -0.2) is 0 Å². The van der Waals surface area contributed by atoms with Crippen LogP contribution in [0.25, 0.3) is 0 Å². The third-order valence-electron chi connectivity index (χ3n) is 2.50. The number of nitrogens with two attached hydrogens (primary N) is 1. The molecule has 0 bridgehead atoms. The molecule has 0 aliphatic carbocycles. The van der Waals surface area contributed by atoms with Crippen molar-refractivity contribution < 1.29 is 4.79 Å². The van der Waals surface area contributed by atoms with Crippen LogP contribution in [0.4, 0.5) is 5.82 Å². The summed E-state index contributed by atoms with van der Waals surface area (Å²) in [5.74, 6) is 1.10. The first-order valence-electron chi connectivity index (χ1n) is 5.63. The van der Waals surface area contributed by atoms with Crippen molar-refractivity contribution in [1.82, 2.24) is 10.2 Å². The number of nitrogens with one attached hydrogen (secondary N) is 2. The fraction of sp³-hybridized carbons (Fsp3) is 0.636. The van der Waals surface area contributed by atoms with Crippen molar-refractivity contribution in [3.05, 3.63) is 11.8 Å². The Kier molecular flexibility index (Phi) is 4.98. The van der Waals surface area contributed by atoms with Gasteiger partial charge in [-0.1, -0.05) is 6.92 Å². The molecular weight excluding hydrogens is 204 g/mol. The fourth-order valence-corrected chi connectivity index (χ4v) is 1.49. The van der Waals surface area contributed by atoms with Gasteiger partial charge < -0.3 is 11.1 Å². The van der Waals surface area contributed by atoms with Crippen molar-refractivity contribution in [2.24, 2.45) is 11.7 Å². The van der Waals surface area contributed by atoms with Crippen molar-refractivity contribution in [3.63, 3.8) is 0 Å². The van der Waals surface area contributed by atoms with E-state index >= 15 is 0 Å². The van der Waals surface area contributed by atoms with Crippen LogP contribution >= 0.6 is 0 Å². The number of carbonyl (C=O) groups excluding carboxylic acids is 1. The summed E-state index contributed by atoms with van der Waals surface area (Å²) in [6.07, 6.45) is 2.36. The normalized spacial score (nSPS) is 12.4. The molecule has 0 aliphatic heterocycles. The zero-order valence-corrected chi connectivity index (χ0v) is 9.92. The van der Waals surface area contributed by atoms with E-state index < -0.39 is 0 Å². The van der Waals surface area contributed by atoms with Crippen LogP contribution in [0.3, 0.4) is 0 Å². The lowest BCUT2D eigenvalue weighted by Gasteiger charge is -2.08. The van der Waals surface area contributed by atoms with Crippen LogP contribution in [0.15, 0.2) is 6.07 Å². The number of H-pyrrole nitrogens is 1. The number of anilines is 1. The van der Waals surface area contributed by atoms with Gasteiger partial charge in [0, 0.05) is 18.2 Å². The maximum atomic E-state index is 11.5.